The largest absolute Gasteiger partial charge is 0.351 e. The maximum atomic E-state index is 12.2. The third kappa shape index (κ3) is 2.88. The first-order chi connectivity index (χ1) is 8.72. The van der Waals surface area contributed by atoms with E-state index in [2.05, 4.69) is 11.2 Å². The van der Waals surface area contributed by atoms with Crippen LogP contribution in [0.15, 0.2) is 30.3 Å². The monoisotopic (exact) mass is 262 g/mol. The van der Waals surface area contributed by atoms with Crippen LogP contribution in [0.5, 0.6) is 0 Å². The Bertz CT molecular complexity index is 502. The second-order valence-electron chi connectivity index (χ2n) is 4.34. The summed E-state index contributed by atoms with van der Waals surface area (Å²) in [4.78, 5) is 17.1. The standard InChI is InChI=1S/C14H18N2OS/c1-16(8-5-9-18-2)14(17)13-10-11-6-3-4-7-12(11)15-13/h3-4,6-7,10,15H,5,8-9H2,1-2H3. The van der Waals surface area contributed by atoms with Gasteiger partial charge in [0.15, 0.2) is 0 Å². The van der Waals surface area contributed by atoms with Gasteiger partial charge in [0.2, 0.25) is 0 Å². The van der Waals surface area contributed by atoms with Crippen LogP contribution in [0.25, 0.3) is 10.9 Å². The van der Waals surface area contributed by atoms with Crippen LogP contribution in [0.1, 0.15) is 16.9 Å². The summed E-state index contributed by atoms with van der Waals surface area (Å²) in [7, 11) is 1.86. The maximum absolute atomic E-state index is 12.2. The number of thioether (sulfide) groups is 1. The molecule has 0 atom stereocenters. The van der Waals surface area contributed by atoms with Gasteiger partial charge in [0.05, 0.1) is 0 Å². The van der Waals surface area contributed by atoms with Crippen molar-refractivity contribution >= 4 is 28.6 Å². The van der Waals surface area contributed by atoms with Gasteiger partial charge in [0, 0.05) is 24.5 Å². The summed E-state index contributed by atoms with van der Waals surface area (Å²) < 4.78 is 0. The van der Waals surface area contributed by atoms with Crippen LogP contribution in [0.4, 0.5) is 0 Å². The second-order valence-corrected chi connectivity index (χ2v) is 5.33. The molecule has 0 aliphatic carbocycles. The van der Waals surface area contributed by atoms with Gasteiger partial charge in [-0.25, -0.2) is 0 Å². The molecule has 0 saturated carbocycles. The van der Waals surface area contributed by atoms with Gasteiger partial charge in [0.25, 0.3) is 5.91 Å². The van der Waals surface area contributed by atoms with Crippen LogP contribution in [-0.4, -0.2) is 41.4 Å². The lowest BCUT2D eigenvalue weighted by Gasteiger charge is -2.15. The molecule has 1 heterocycles. The number of carbonyl (C=O) groups excluding carboxylic acids is 1. The Balaban J connectivity index is 2.08. The summed E-state index contributed by atoms with van der Waals surface area (Å²) in [6.07, 6.45) is 3.11. The van der Waals surface area contributed by atoms with Crippen LogP contribution in [0.3, 0.4) is 0 Å². The van der Waals surface area contributed by atoms with E-state index in [1.807, 2.05) is 49.1 Å². The lowest BCUT2D eigenvalue weighted by molar-refractivity contribution is 0.0791. The molecule has 0 saturated heterocycles. The molecular formula is C14H18N2OS. The van der Waals surface area contributed by atoms with E-state index in [0.717, 1.165) is 29.6 Å². The number of nitrogens with zero attached hydrogens (tertiary/aromatic N) is 1. The quantitative estimate of drug-likeness (QED) is 0.841. The summed E-state index contributed by atoms with van der Waals surface area (Å²) in [5.74, 6) is 1.15. The number of hydrogen-bond donors (Lipinski definition) is 1. The molecule has 0 unspecified atom stereocenters. The summed E-state index contributed by atoms with van der Waals surface area (Å²) in [6, 6.07) is 9.86. The third-order valence-electron chi connectivity index (χ3n) is 2.95. The minimum absolute atomic E-state index is 0.0623. The topological polar surface area (TPSA) is 36.1 Å². The molecule has 0 aliphatic rings. The van der Waals surface area contributed by atoms with Crippen LogP contribution in [0, 0.1) is 0 Å². The van der Waals surface area contributed by atoms with Crippen molar-refractivity contribution in [3.63, 3.8) is 0 Å². The summed E-state index contributed by atoms with van der Waals surface area (Å²) >= 11 is 1.81. The fourth-order valence-electron chi connectivity index (χ4n) is 1.94. The van der Waals surface area contributed by atoms with E-state index >= 15 is 0 Å². The van der Waals surface area contributed by atoms with E-state index in [1.54, 1.807) is 4.90 Å². The lowest BCUT2D eigenvalue weighted by Crippen LogP contribution is -2.28. The minimum atomic E-state index is 0.0623. The first-order valence-corrected chi connectivity index (χ1v) is 7.44. The van der Waals surface area contributed by atoms with E-state index in [1.165, 1.54) is 0 Å². The van der Waals surface area contributed by atoms with Crippen LogP contribution < -0.4 is 0 Å². The second kappa shape index (κ2) is 5.96. The Hall–Kier alpha value is -1.42. The number of aromatic amines is 1. The Morgan fingerprint density at radius 1 is 1.39 bits per heavy atom. The highest BCUT2D eigenvalue weighted by Gasteiger charge is 2.13. The summed E-state index contributed by atoms with van der Waals surface area (Å²) in [5.41, 5.74) is 1.68. The first-order valence-electron chi connectivity index (χ1n) is 6.04. The fourth-order valence-corrected chi connectivity index (χ4v) is 2.36. The van der Waals surface area contributed by atoms with Gasteiger partial charge in [-0.2, -0.15) is 11.8 Å². The molecule has 3 nitrogen and oxygen atoms in total. The highest BCUT2D eigenvalue weighted by Crippen LogP contribution is 2.15. The minimum Gasteiger partial charge on any atom is -0.351 e. The summed E-state index contributed by atoms with van der Waals surface area (Å²) in [5, 5.41) is 1.08. The number of nitrogens with one attached hydrogen (secondary N) is 1. The predicted octanol–water partition coefficient (Wildman–Crippen LogP) is 2.99. The van der Waals surface area contributed by atoms with Gasteiger partial charge < -0.3 is 9.88 Å². The zero-order chi connectivity index (χ0) is 13.0. The van der Waals surface area contributed by atoms with Gasteiger partial charge in [-0.3, -0.25) is 4.79 Å². The SMILES string of the molecule is CSCCCN(C)C(=O)c1cc2ccccc2[nH]1. The van der Waals surface area contributed by atoms with Crippen LogP contribution in [0.2, 0.25) is 0 Å². The van der Waals surface area contributed by atoms with Gasteiger partial charge in [0.1, 0.15) is 5.69 Å². The van der Waals surface area contributed by atoms with Crippen LogP contribution in [-0.2, 0) is 0 Å². The van der Waals surface area contributed by atoms with Gasteiger partial charge in [-0.1, -0.05) is 18.2 Å². The molecule has 1 aromatic carbocycles. The molecule has 0 aliphatic heterocycles. The zero-order valence-electron chi connectivity index (χ0n) is 10.8. The normalized spacial score (nSPS) is 10.8. The highest BCUT2D eigenvalue weighted by atomic mass is 32.2. The van der Waals surface area contributed by atoms with E-state index in [0.29, 0.717) is 5.69 Å². The lowest BCUT2D eigenvalue weighted by atomic mass is 10.2. The maximum Gasteiger partial charge on any atom is 0.270 e. The molecule has 4 heteroatoms. The number of aromatic nitrogens is 1. The van der Waals surface area contributed by atoms with E-state index < -0.39 is 0 Å². The van der Waals surface area contributed by atoms with Gasteiger partial charge in [-0.05, 0) is 30.6 Å². The number of rotatable bonds is 5. The van der Waals surface area contributed by atoms with Crippen molar-refractivity contribution in [2.24, 2.45) is 0 Å². The van der Waals surface area contributed by atoms with Gasteiger partial charge >= 0.3 is 0 Å². The molecular weight excluding hydrogens is 244 g/mol. The van der Waals surface area contributed by atoms with Gasteiger partial charge in [-0.15, -0.1) is 0 Å². The van der Waals surface area contributed by atoms with Crippen molar-refractivity contribution in [3.05, 3.63) is 36.0 Å². The number of para-hydroxylation sites is 1. The number of fused-ring (bicyclic) bond motifs is 1. The van der Waals surface area contributed by atoms with Crippen molar-refractivity contribution < 1.29 is 4.79 Å². The Kier molecular flexibility index (Phi) is 4.31. The molecule has 2 aromatic rings. The van der Waals surface area contributed by atoms with Crippen LogP contribution >= 0.6 is 11.8 Å². The van der Waals surface area contributed by atoms with E-state index in [4.69, 9.17) is 0 Å². The van der Waals surface area contributed by atoms with E-state index in [9.17, 15) is 4.79 Å². The number of H-pyrrole nitrogens is 1. The van der Waals surface area contributed by atoms with Crippen molar-refractivity contribution in [2.75, 3.05) is 25.6 Å². The highest BCUT2D eigenvalue weighted by molar-refractivity contribution is 7.98. The zero-order valence-corrected chi connectivity index (χ0v) is 11.6. The first kappa shape index (κ1) is 13.0. The van der Waals surface area contributed by atoms with Crippen molar-refractivity contribution in [2.45, 2.75) is 6.42 Å². The molecule has 1 aromatic heterocycles. The molecule has 0 radical (unpaired) electrons. The van der Waals surface area contributed by atoms with Crippen molar-refractivity contribution in [1.29, 1.82) is 0 Å². The fraction of sp³-hybridized carbons (Fsp3) is 0.357. The Morgan fingerprint density at radius 3 is 2.89 bits per heavy atom. The molecule has 96 valence electrons. The molecule has 1 N–H and O–H groups in total. The number of hydrogen-bond acceptors (Lipinski definition) is 2. The average Bonchev–Trinajstić information content (AvgIpc) is 2.81. The molecule has 18 heavy (non-hydrogen) atoms. The number of carbonyl (C=O) groups is 1. The Morgan fingerprint density at radius 2 is 2.17 bits per heavy atom. The average molecular weight is 262 g/mol. The summed E-state index contributed by atoms with van der Waals surface area (Å²) in [6.45, 7) is 0.801. The molecule has 0 fully saturated rings. The van der Waals surface area contributed by atoms with Crippen molar-refractivity contribution in [1.82, 2.24) is 9.88 Å². The molecule has 0 spiro atoms. The molecule has 1 amide bonds. The molecule has 2 rings (SSSR count). The predicted molar refractivity (Wildman–Crippen MR) is 78.3 cm³/mol. The van der Waals surface area contributed by atoms with E-state index in [-0.39, 0.29) is 5.91 Å². The molecule has 0 bridgehead atoms. The third-order valence-corrected chi connectivity index (χ3v) is 3.65. The number of benzene rings is 1. The van der Waals surface area contributed by atoms with Crippen molar-refractivity contribution in [3.8, 4) is 0 Å². The number of amides is 1. The smallest absolute Gasteiger partial charge is 0.270 e. The Labute approximate surface area is 112 Å².